The van der Waals surface area contributed by atoms with Gasteiger partial charge in [0.1, 0.15) is 0 Å². The van der Waals surface area contributed by atoms with Crippen LogP contribution in [0.1, 0.15) is 12.8 Å². The SMILES string of the molecule is C=CCCC#CN(CC=C)C(=O)OC. The van der Waals surface area contributed by atoms with Crippen LogP contribution < -0.4 is 0 Å². The number of ether oxygens (including phenoxy) is 1. The van der Waals surface area contributed by atoms with Crippen molar-refractivity contribution in [3.05, 3.63) is 25.3 Å². The molecule has 0 fully saturated rings. The molecule has 0 radical (unpaired) electrons. The minimum Gasteiger partial charge on any atom is -0.452 e. The molecule has 0 unspecified atom stereocenters. The number of rotatable bonds is 4. The van der Waals surface area contributed by atoms with Gasteiger partial charge in [0.2, 0.25) is 0 Å². The van der Waals surface area contributed by atoms with Gasteiger partial charge in [-0.2, -0.15) is 0 Å². The van der Waals surface area contributed by atoms with Gasteiger partial charge in [0, 0.05) is 12.5 Å². The average molecular weight is 193 g/mol. The van der Waals surface area contributed by atoms with E-state index in [-0.39, 0.29) is 0 Å². The van der Waals surface area contributed by atoms with Crippen LogP contribution in [0, 0.1) is 12.0 Å². The monoisotopic (exact) mass is 193 g/mol. The maximum atomic E-state index is 11.1. The number of hydrogen-bond acceptors (Lipinski definition) is 2. The molecule has 0 heterocycles. The summed E-state index contributed by atoms with van der Waals surface area (Å²) < 4.78 is 4.54. The minimum atomic E-state index is -0.462. The van der Waals surface area contributed by atoms with Crippen molar-refractivity contribution in [1.82, 2.24) is 4.90 Å². The highest BCUT2D eigenvalue weighted by atomic mass is 16.5. The number of allylic oxidation sites excluding steroid dienone is 1. The number of unbranched alkanes of at least 4 members (excludes halogenated alkanes) is 1. The summed E-state index contributed by atoms with van der Waals surface area (Å²) in [6.45, 7) is 7.47. The molecule has 0 N–H and O–H groups in total. The fraction of sp³-hybridized carbons (Fsp3) is 0.364. The fourth-order valence-electron chi connectivity index (χ4n) is 0.731. The second-order valence-corrected chi connectivity index (χ2v) is 2.49. The highest BCUT2D eigenvalue weighted by Crippen LogP contribution is 1.92. The minimum absolute atomic E-state index is 0.369. The van der Waals surface area contributed by atoms with Crippen molar-refractivity contribution >= 4 is 6.09 Å². The normalized spacial score (nSPS) is 8.07. The molecule has 0 aliphatic rings. The predicted octanol–water partition coefficient (Wildman–Crippen LogP) is 2.17. The zero-order valence-electron chi connectivity index (χ0n) is 8.45. The van der Waals surface area contributed by atoms with Crippen molar-refractivity contribution in [3.63, 3.8) is 0 Å². The topological polar surface area (TPSA) is 29.5 Å². The molecule has 0 atom stereocenters. The van der Waals surface area contributed by atoms with E-state index in [4.69, 9.17) is 0 Å². The van der Waals surface area contributed by atoms with E-state index in [1.807, 2.05) is 0 Å². The molecule has 0 saturated carbocycles. The van der Waals surface area contributed by atoms with Gasteiger partial charge < -0.3 is 4.74 Å². The summed E-state index contributed by atoms with van der Waals surface area (Å²) in [5, 5.41) is 0. The van der Waals surface area contributed by atoms with Gasteiger partial charge in [-0.15, -0.1) is 13.2 Å². The molecule has 0 rings (SSSR count). The third kappa shape index (κ3) is 5.04. The van der Waals surface area contributed by atoms with Crippen LogP contribution in [-0.4, -0.2) is 24.6 Å². The summed E-state index contributed by atoms with van der Waals surface area (Å²) in [4.78, 5) is 12.4. The second kappa shape index (κ2) is 7.93. The maximum Gasteiger partial charge on any atom is 0.421 e. The molecule has 0 aliphatic carbocycles. The van der Waals surface area contributed by atoms with Crippen molar-refractivity contribution in [1.29, 1.82) is 0 Å². The van der Waals surface area contributed by atoms with Gasteiger partial charge >= 0.3 is 6.09 Å². The van der Waals surface area contributed by atoms with E-state index < -0.39 is 6.09 Å². The number of methoxy groups -OCH3 is 1. The van der Waals surface area contributed by atoms with Crippen molar-refractivity contribution in [2.24, 2.45) is 0 Å². The Bertz CT molecular complexity index is 260. The Morgan fingerprint density at radius 2 is 2.21 bits per heavy atom. The fourth-order valence-corrected chi connectivity index (χ4v) is 0.731. The van der Waals surface area contributed by atoms with Crippen LogP contribution >= 0.6 is 0 Å². The lowest BCUT2D eigenvalue weighted by molar-refractivity contribution is 0.146. The molecule has 0 aromatic rings. The van der Waals surface area contributed by atoms with Crippen molar-refractivity contribution in [3.8, 4) is 12.0 Å². The molecule has 0 aromatic heterocycles. The number of hydrogen-bond donors (Lipinski definition) is 0. The number of nitrogens with zero attached hydrogens (tertiary/aromatic N) is 1. The highest BCUT2D eigenvalue weighted by Gasteiger charge is 2.07. The van der Waals surface area contributed by atoms with Gasteiger partial charge in [0.25, 0.3) is 0 Å². The van der Waals surface area contributed by atoms with Crippen molar-refractivity contribution in [2.45, 2.75) is 12.8 Å². The van der Waals surface area contributed by atoms with E-state index in [1.165, 1.54) is 12.0 Å². The molecule has 14 heavy (non-hydrogen) atoms. The first-order valence-electron chi connectivity index (χ1n) is 4.32. The Morgan fingerprint density at radius 1 is 1.50 bits per heavy atom. The lowest BCUT2D eigenvalue weighted by Gasteiger charge is -2.10. The zero-order valence-corrected chi connectivity index (χ0v) is 8.45. The molecule has 3 nitrogen and oxygen atoms in total. The first kappa shape index (κ1) is 12.3. The summed E-state index contributed by atoms with van der Waals surface area (Å²) in [6, 6.07) is 2.70. The lowest BCUT2D eigenvalue weighted by atomic mass is 10.3. The van der Waals surface area contributed by atoms with E-state index in [1.54, 1.807) is 12.2 Å². The van der Waals surface area contributed by atoms with Crippen LogP contribution in [0.2, 0.25) is 0 Å². The Hall–Kier alpha value is -1.69. The molecular weight excluding hydrogens is 178 g/mol. The Morgan fingerprint density at radius 3 is 2.71 bits per heavy atom. The Kier molecular flexibility index (Phi) is 6.98. The van der Waals surface area contributed by atoms with Gasteiger partial charge in [0.15, 0.2) is 0 Å². The summed E-state index contributed by atoms with van der Waals surface area (Å²) >= 11 is 0. The van der Waals surface area contributed by atoms with Crippen molar-refractivity contribution < 1.29 is 9.53 Å². The molecule has 3 heteroatoms. The van der Waals surface area contributed by atoms with Crippen LogP contribution in [0.3, 0.4) is 0 Å². The van der Waals surface area contributed by atoms with E-state index in [0.717, 1.165) is 6.42 Å². The Balaban J connectivity index is 4.17. The van der Waals surface area contributed by atoms with Crippen LogP contribution in [0.4, 0.5) is 4.79 Å². The first-order valence-corrected chi connectivity index (χ1v) is 4.32. The zero-order chi connectivity index (χ0) is 10.8. The highest BCUT2D eigenvalue weighted by molar-refractivity contribution is 5.69. The van der Waals surface area contributed by atoms with Gasteiger partial charge in [0.05, 0.1) is 13.7 Å². The number of carbonyl (C=O) groups excluding carboxylic acids is 1. The van der Waals surface area contributed by atoms with Crippen LogP contribution in [0.15, 0.2) is 25.3 Å². The van der Waals surface area contributed by atoms with Gasteiger partial charge in [-0.1, -0.05) is 18.1 Å². The molecular formula is C11H15NO2. The quantitative estimate of drug-likeness (QED) is 0.296. The number of amides is 1. The molecule has 0 aromatic carbocycles. The Labute approximate surface area is 85.0 Å². The van der Waals surface area contributed by atoms with E-state index in [9.17, 15) is 4.79 Å². The summed E-state index contributed by atoms with van der Waals surface area (Å²) in [7, 11) is 1.32. The summed E-state index contributed by atoms with van der Waals surface area (Å²) in [5.74, 6) is 2.84. The first-order chi connectivity index (χ1) is 6.76. The molecule has 0 bridgehead atoms. The average Bonchev–Trinajstić information content (AvgIpc) is 2.21. The summed E-state index contributed by atoms with van der Waals surface area (Å²) in [5.41, 5.74) is 0. The smallest absolute Gasteiger partial charge is 0.421 e. The van der Waals surface area contributed by atoms with Crippen LogP contribution in [-0.2, 0) is 4.74 Å². The maximum absolute atomic E-state index is 11.1. The van der Waals surface area contributed by atoms with Gasteiger partial charge in [-0.3, -0.25) is 0 Å². The van der Waals surface area contributed by atoms with Gasteiger partial charge in [-0.25, -0.2) is 9.69 Å². The molecule has 1 amide bonds. The van der Waals surface area contributed by atoms with Crippen LogP contribution in [0.25, 0.3) is 0 Å². The standard InChI is InChI=1S/C11H15NO2/c1-4-6-7-8-10-12(9-5-2)11(13)14-3/h4-5H,1-2,6-7,9H2,3H3. The predicted molar refractivity (Wildman–Crippen MR) is 56.5 cm³/mol. The molecule has 0 spiro atoms. The third-order valence-corrected chi connectivity index (χ3v) is 1.39. The lowest BCUT2D eigenvalue weighted by Crippen LogP contribution is -2.26. The van der Waals surface area contributed by atoms with E-state index in [0.29, 0.717) is 13.0 Å². The summed E-state index contributed by atoms with van der Waals surface area (Å²) in [6.07, 6.45) is 4.42. The largest absolute Gasteiger partial charge is 0.452 e. The molecule has 0 saturated heterocycles. The van der Waals surface area contributed by atoms with E-state index >= 15 is 0 Å². The van der Waals surface area contributed by atoms with Crippen LogP contribution in [0.5, 0.6) is 0 Å². The molecule has 76 valence electrons. The van der Waals surface area contributed by atoms with Gasteiger partial charge in [-0.05, 0) is 6.42 Å². The van der Waals surface area contributed by atoms with Crippen molar-refractivity contribution in [2.75, 3.05) is 13.7 Å². The molecule has 0 aliphatic heterocycles. The second-order valence-electron chi connectivity index (χ2n) is 2.49. The van der Waals surface area contributed by atoms with E-state index in [2.05, 4.69) is 29.9 Å². The third-order valence-electron chi connectivity index (χ3n) is 1.39. The number of carbonyl (C=O) groups is 1.